The SMILES string of the molecule is CCS[C@H]1O[C@@H]2COC(c3ccccc3)O[C@H]2[C@H](O)[C@@H]1OCc1ccccc1. The Hall–Kier alpha value is -1.41. The molecule has 2 aromatic carbocycles. The lowest BCUT2D eigenvalue weighted by Gasteiger charge is -2.47. The van der Waals surface area contributed by atoms with E-state index in [1.165, 1.54) is 0 Å². The Kier molecular flexibility index (Phi) is 6.67. The monoisotopic (exact) mass is 402 g/mol. The van der Waals surface area contributed by atoms with Crippen LogP contribution in [0.25, 0.3) is 0 Å². The second kappa shape index (κ2) is 9.39. The number of thioether (sulfide) groups is 1. The van der Waals surface area contributed by atoms with Gasteiger partial charge in [-0.05, 0) is 11.3 Å². The van der Waals surface area contributed by atoms with Crippen molar-refractivity contribution >= 4 is 11.8 Å². The molecule has 0 amide bonds. The quantitative estimate of drug-likeness (QED) is 0.798. The van der Waals surface area contributed by atoms with Gasteiger partial charge in [0.25, 0.3) is 0 Å². The summed E-state index contributed by atoms with van der Waals surface area (Å²) in [6, 6.07) is 19.7. The summed E-state index contributed by atoms with van der Waals surface area (Å²) in [4.78, 5) is 0. The maximum Gasteiger partial charge on any atom is 0.184 e. The fourth-order valence-corrected chi connectivity index (χ4v) is 4.57. The molecule has 0 radical (unpaired) electrons. The molecule has 1 unspecified atom stereocenters. The molecule has 5 nitrogen and oxygen atoms in total. The summed E-state index contributed by atoms with van der Waals surface area (Å²) in [5.74, 6) is 0.869. The van der Waals surface area contributed by atoms with E-state index in [4.69, 9.17) is 18.9 Å². The molecule has 2 saturated heterocycles. The van der Waals surface area contributed by atoms with E-state index in [0.29, 0.717) is 13.2 Å². The average molecular weight is 403 g/mol. The number of ether oxygens (including phenoxy) is 4. The van der Waals surface area contributed by atoms with Crippen molar-refractivity contribution in [2.75, 3.05) is 12.4 Å². The average Bonchev–Trinajstić information content (AvgIpc) is 2.75. The maximum absolute atomic E-state index is 11.1. The fourth-order valence-electron chi connectivity index (χ4n) is 3.59. The van der Waals surface area contributed by atoms with E-state index in [1.54, 1.807) is 11.8 Å². The Morgan fingerprint density at radius 3 is 2.46 bits per heavy atom. The van der Waals surface area contributed by atoms with Crippen LogP contribution in [0.1, 0.15) is 24.3 Å². The number of rotatable bonds is 6. The number of hydrogen-bond donors (Lipinski definition) is 1. The van der Waals surface area contributed by atoms with Crippen LogP contribution in [-0.2, 0) is 25.6 Å². The summed E-state index contributed by atoms with van der Waals surface area (Å²) < 4.78 is 24.3. The van der Waals surface area contributed by atoms with Crippen LogP contribution in [0.4, 0.5) is 0 Å². The molecule has 1 N–H and O–H groups in total. The van der Waals surface area contributed by atoms with E-state index in [2.05, 4.69) is 6.92 Å². The van der Waals surface area contributed by atoms with Gasteiger partial charge in [-0.2, -0.15) is 0 Å². The van der Waals surface area contributed by atoms with Gasteiger partial charge in [0, 0.05) is 5.56 Å². The zero-order valence-corrected chi connectivity index (χ0v) is 16.7. The van der Waals surface area contributed by atoms with Crippen LogP contribution >= 0.6 is 11.8 Å². The van der Waals surface area contributed by atoms with Gasteiger partial charge in [-0.3, -0.25) is 0 Å². The van der Waals surface area contributed by atoms with Gasteiger partial charge in [0.05, 0.1) is 13.2 Å². The summed E-state index contributed by atoms with van der Waals surface area (Å²) in [6.45, 7) is 2.87. The normalized spacial score (nSPS) is 32.6. The molecule has 6 atom stereocenters. The Labute approximate surface area is 169 Å². The molecule has 2 heterocycles. The topological polar surface area (TPSA) is 57.2 Å². The summed E-state index contributed by atoms with van der Waals surface area (Å²) in [6.07, 6.45) is -2.57. The first-order chi connectivity index (χ1) is 13.8. The molecule has 28 heavy (non-hydrogen) atoms. The smallest absolute Gasteiger partial charge is 0.184 e. The molecule has 6 heteroatoms. The van der Waals surface area contributed by atoms with Crippen LogP contribution in [0.15, 0.2) is 60.7 Å². The molecule has 2 fully saturated rings. The molecule has 0 aliphatic carbocycles. The van der Waals surface area contributed by atoms with Crippen molar-refractivity contribution < 1.29 is 24.1 Å². The molecule has 4 rings (SSSR count). The molecule has 0 spiro atoms. The molecule has 0 saturated carbocycles. The molecule has 150 valence electrons. The molecule has 0 bridgehead atoms. The molecule has 2 aromatic rings. The van der Waals surface area contributed by atoms with Gasteiger partial charge in [-0.15, -0.1) is 11.8 Å². The number of aliphatic hydroxyl groups is 1. The number of benzene rings is 2. The maximum atomic E-state index is 11.1. The summed E-state index contributed by atoms with van der Waals surface area (Å²) in [5.41, 5.74) is 1.73. The van der Waals surface area contributed by atoms with Gasteiger partial charge in [-0.25, -0.2) is 0 Å². The standard InChI is InChI=1S/C22H26O5S/c1-2-28-22-20(24-13-15-9-5-3-6-10-15)18(23)19-17(26-22)14-25-21(27-19)16-11-7-4-8-12-16/h3-12,17-23H,2,13-14H2,1H3/t17-,18+,19-,20+,21?,22-/m1/s1. The lowest BCUT2D eigenvalue weighted by atomic mass is 9.98. The summed E-state index contributed by atoms with van der Waals surface area (Å²) in [7, 11) is 0. The zero-order valence-electron chi connectivity index (χ0n) is 15.8. The highest BCUT2D eigenvalue weighted by Gasteiger charge is 2.49. The molecular formula is C22H26O5S. The van der Waals surface area contributed by atoms with Crippen molar-refractivity contribution in [1.29, 1.82) is 0 Å². The second-order valence-electron chi connectivity index (χ2n) is 6.93. The minimum absolute atomic E-state index is 0.259. The molecule has 2 aliphatic heterocycles. The predicted molar refractivity (Wildman–Crippen MR) is 108 cm³/mol. The Morgan fingerprint density at radius 2 is 1.75 bits per heavy atom. The Morgan fingerprint density at radius 1 is 1.04 bits per heavy atom. The van der Waals surface area contributed by atoms with Crippen molar-refractivity contribution in [3.8, 4) is 0 Å². The lowest BCUT2D eigenvalue weighted by Crippen LogP contribution is -2.61. The number of fused-ring (bicyclic) bond motifs is 1. The highest BCUT2D eigenvalue weighted by atomic mass is 32.2. The third kappa shape index (κ3) is 4.43. The number of aliphatic hydroxyl groups excluding tert-OH is 1. The summed E-state index contributed by atoms with van der Waals surface area (Å²) >= 11 is 1.63. The van der Waals surface area contributed by atoms with Crippen LogP contribution in [0.2, 0.25) is 0 Å². The van der Waals surface area contributed by atoms with Crippen molar-refractivity contribution in [1.82, 2.24) is 0 Å². The Bertz CT molecular complexity index is 728. The molecule has 0 aromatic heterocycles. The van der Waals surface area contributed by atoms with Gasteiger partial charge in [0.15, 0.2) is 6.29 Å². The van der Waals surface area contributed by atoms with E-state index >= 15 is 0 Å². The van der Waals surface area contributed by atoms with Crippen molar-refractivity contribution in [2.45, 2.75) is 49.7 Å². The van der Waals surface area contributed by atoms with Gasteiger partial charge >= 0.3 is 0 Å². The second-order valence-corrected chi connectivity index (χ2v) is 8.30. The molecular weight excluding hydrogens is 376 g/mol. The Balaban J connectivity index is 1.47. The van der Waals surface area contributed by atoms with Crippen LogP contribution in [0.3, 0.4) is 0 Å². The third-order valence-corrected chi connectivity index (χ3v) is 6.04. The zero-order chi connectivity index (χ0) is 19.3. The number of hydrogen-bond acceptors (Lipinski definition) is 6. The van der Waals surface area contributed by atoms with Crippen LogP contribution in [0, 0.1) is 0 Å². The predicted octanol–water partition coefficient (Wildman–Crippen LogP) is 3.52. The van der Waals surface area contributed by atoms with E-state index in [9.17, 15) is 5.11 Å². The van der Waals surface area contributed by atoms with Crippen molar-refractivity contribution in [2.24, 2.45) is 0 Å². The van der Waals surface area contributed by atoms with Crippen molar-refractivity contribution in [3.63, 3.8) is 0 Å². The van der Waals surface area contributed by atoms with Crippen LogP contribution in [-0.4, -0.2) is 47.3 Å². The van der Waals surface area contributed by atoms with Crippen LogP contribution < -0.4 is 0 Å². The van der Waals surface area contributed by atoms with Gasteiger partial charge in [0.2, 0.25) is 0 Å². The van der Waals surface area contributed by atoms with Crippen LogP contribution in [0.5, 0.6) is 0 Å². The summed E-state index contributed by atoms with van der Waals surface area (Å²) in [5, 5.41) is 11.1. The van der Waals surface area contributed by atoms with E-state index in [-0.39, 0.29) is 11.5 Å². The first kappa shape index (κ1) is 19.9. The minimum Gasteiger partial charge on any atom is -0.387 e. The van der Waals surface area contributed by atoms with Gasteiger partial charge < -0.3 is 24.1 Å². The van der Waals surface area contributed by atoms with E-state index < -0.39 is 24.6 Å². The van der Waals surface area contributed by atoms with Gasteiger partial charge in [-0.1, -0.05) is 67.6 Å². The first-order valence-corrected chi connectivity index (χ1v) is 10.7. The van der Waals surface area contributed by atoms with E-state index in [0.717, 1.165) is 16.9 Å². The highest BCUT2D eigenvalue weighted by molar-refractivity contribution is 7.99. The van der Waals surface area contributed by atoms with Crippen molar-refractivity contribution in [3.05, 3.63) is 71.8 Å². The van der Waals surface area contributed by atoms with E-state index in [1.807, 2.05) is 60.7 Å². The fraction of sp³-hybridized carbons (Fsp3) is 0.455. The minimum atomic E-state index is -0.790. The third-order valence-electron chi connectivity index (χ3n) is 5.00. The molecule has 2 aliphatic rings. The highest BCUT2D eigenvalue weighted by Crippen LogP contribution is 2.38. The lowest BCUT2D eigenvalue weighted by molar-refractivity contribution is -0.322. The largest absolute Gasteiger partial charge is 0.387 e. The van der Waals surface area contributed by atoms with Gasteiger partial charge in [0.1, 0.15) is 29.9 Å². The first-order valence-electron chi connectivity index (χ1n) is 9.69.